The van der Waals surface area contributed by atoms with Crippen LogP contribution in [-0.4, -0.2) is 9.13 Å². The minimum Gasteiger partial charge on any atom is -0.454 e. The van der Waals surface area contributed by atoms with Crippen molar-refractivity contribution in [2.75, 3.05) is 0 Å². The van der Waals surface area contributed by atoms with Gasteiger partial charge in [-0.3, -0.25) is 0 Å². The Morgan fingerprint density at radius 2 is 0.789 bits per heavy atom. The first-order valence-electron chi connectivity index (χ1n) is 19.5. The molecule has 0 radical (unpaired) electrons. The molecule has 57 heavy (non-hydrogen) atoms. The first-order valence-corrected chi connectivity index (χ1v) is 19.5. The van der Waals surface area contributed by atoms with Crippen molar-refractivity contribution in [2.45, 2.75) is 0 Å². The van der Waals surface area contributed by atoms with E-state index < -0.39 is 0 Å². The van der Waals surface area contributed by atoms with Crippen LogP contribution in [-0.2, 0) is 0 Å². The van der Waals surface area contributed by atoms with Crippen LogP contribution >= 0.6 is 0 Å². The molecule has 12 aromatic rings. The van der Waals surface area contributed by atoms with Gasteiger partial charge < -0.3 is 13.6 Å². The second-order valence-electron chi connectivity index (χ2n) is 14.8. The number of para-hydroxylation sites is 4. The Morgan fingerprint density at radius 3 is 1.46 bits per heavy atom. The molecule has 0 bridgehead atoms. The van der Waals surface area contributed by atoms with E-state index >= 15 is 0 Å². The maximum absolute atomic E-state index is 6.78. The van der Waals surface area contributed by atoms with Gasteiger partial charge >= 0.3 is 0 Å². The summed E-state index contributed by atoms with van der Waals surface area (Å²) in [5.41, 5.74) is 15.7. The molecule has 0 atom stereocenters. The zero-order chi connectivity index (χ0) is 37.5. The third-order valence-electron chi connectivity index (χ3n) is 11.7. The highest BCUT2D eigenvalue weighted by Gasteiger charge is 2.23. The van der Waals surface area contributed by atoms with Gasteiger partial charge in [-0.15, -0.1) is 0 Å². The molecule has 0 aliphatic heterocycles. The van der Waals surface area contributed by atoms with E-state index in [1.54, 1.807) is 0 Å². The van der Waals surface area contributed by atoms with Crippen molar-refractivity contribution >= 4 is 65.6 Å². The van der Waals surface area contributed by atoms with Crippen LogP contribution in [0.3, 0.4) is 0 Å². The molecule has 9 aromatic carbocycles. The standard InChI is InChI=1S/C54H34N2O/c1-3-17-35(18-4-1)37-33-44-39-22-10-14-32-51(39)57-54(44)50(34-37)56-47-29-13-9-24-43(47)53-41(26-16-31-49(53)56)40-25-15-30-48-52(40)42-23-8-12-28-46(42)55(48)45-27-11-7-21-38(45)36-19-5-2-6-20-36/h1-34H. The maximum Gasteiger partial charge on any atom is 0.159 e. The lowest BCUT2D eigenvalue weighted by atomic mass is 9.95. The van der Waals surface area contributed by atoms with Crippen LogP contribution in [0, 0.1) is 0 Å². The Morgan fingerprint density at radius 1 is 0.298 bits per heavy atom. The van der Waals surface area contributed by atoms with Gasteiger partial charge in [-0.1, -0.05) is 158 Å². The monoisotopic (exact) mass is 726 g/mol. The fourth-order valence-corrected chi connectivity index (χ4v) is 9.31. The van der Waals surface area contributed by atoms with Gasteiger partial charge in [0.1, 0.15) is 5.58 Å². The quantitative estimate of drug-likeness (QED) is 0.173. The zero-order valence-corrected chi connectivity index (χ0v) is 30.9. The van der Waals surface area contributed by atoms with Gasteiger partial charge in [0.25, 0.3) is 0 Å². The average Bonchev–Trinajstić information content (AvgIpc) is 3.95. The van der Waals surface area contributed by atoms with E-state index in [0.717, 1.165) is 49.9 Å². The molecule has 3 nitrogen and oxygen atoms in total. The number of hydrogen-bond donors (Lipinski definition) is 0. The molecule has 0 unspecified atom stereocenters. The largest absolute Gasteiger partial charge is 0.454 e. The van der Waals surface area contributed by atoms with Crippen LogP contribution in [0.5, 0.6) is 0 Å². The highest BCUT2D eigenvalue weighted by atomic mass is 16.3. The fraction of sp³-hybridized carbons (Fsp3) is 0. The molecule has 0 spiro atoms. The molecule has 0 saturated carbocycles. The summed E-state index contributed by atoms with van der Waals surface area (Å²) < 4.78 is 11.7. The van der Waals surface area contributed by atoms with Crippen LogP contribution in [0.25, 0.3) is 110 Å². The van der Waals surface area contributed by atoms with Crippen molar-refractivity contribution in [1.29, 1.82) is 0 Å². The Kier molecular flexibility index (Phi) is 6.93. The van der Waals surface area contributed by atoms with Gasteiger partial charge in [0.05, 0.1) is 33.4 Å². The van der Waals surface area contributed by atoms with Crippen LogP contribution < -0.4 is 0 Å². The third kappa shape index (κ3) is 4.73. The number of rotatable bonds is 5. The van der Waals surface area contributed by atoms with E-state index in [-0.39, 0.29) is 0 Å². The fourth-order valence-electron chi connectivity index (χ4n) is 9.31. The molecule has 266 valence electrons. The predicted octanol–water partition coefficient (Wildman–Crippen LogP) is 14.8. The normalized spacial score (nSPS) is 11.9. The number of aromatic nitrogens is 2. The lowest BCUT2D eigenvalue weighted by Gasteiger charge is -2.14. The average molecular weight is 727 g/mol. The van der Waals surface area contributed by atoms with Crippen LogP contribution in [0.2, 0.25) is 0 Å². The van der Waals surface area contributed by atoms with E-state index in [9.17, 15) is 0 Å². The highest BCUT2D eigenvalue weighted by molar-refractivity contribution is 6.23. The molecule has 3 heteroatoms. The molecule has 0 N–H and O–H groups in total. The molecular formula is C54H34N2O. The van der Waals surface area contributed by atoms with Gasteiger partial charge in [-0.25, -0.2) is 0 Å². The van der Waals surface area contributed by atoms with E-state index in [4.69, 9.17) is 4.42 Å². The van der Waals surface area contributed by atoms with E-state index in [2.05, 4.69) is 209 Å². The van der Waals surface area contributed by atoms with Gasteiger partial charge in [0.2, 0.25) is 0 Å². The van der Waals surface area contributed by atoms with Crippen molar-refractivity contribution in [1.82, 2.24) is 9.13 Å². The van der Waals surface area contributed by atoms with Crippen molar-refractivity contribution in [3.8, 4) is 44.8 Å². The first-order chi connectivity index (χ1) is 28.3. The first kappa shape index (κ1) is 31.7. The van der Waals surface area contributed by atoms with E-state index in [1.165, 1.54) is 60.4 Å². The SMILES string of the molecule is c1ccc(-c2cc(-n3c4ccccc4c4c(-c5cccc6c5c5ccccc5n6-c5ccccc5-c5ccccc5)cccc43)c3oc4ccccc4c3c2)cc1. The number of furan rings is 1. The molecule has 0 aliphatic rings. The smallest absolute Gasteiger partial charge is 0.159 e. The van der Waals surface area contributed by atoms with Crippen molar-refractivity contribution < 1.29 is 4.42 Å². The summed E-state index contributed by atoms with van der Waals surface area (Å²) in [6.07, 6.45) is 0. The summed E-state index contributed by atoms with van der Waals surface area (Å²) in [7, 11) is 0. The molecule has 0 saturated heterocycles. The number of hydrogen-bond acceptors (Lipinski definition) is 1. The predicted molar refractivity (Wildman–Crippen MR) is 239 cm³/mol. The maximum atomic E-state index is 6.78. The van der Waals surface area contributed by atoms with Crippen LogP contribution in [0.1, 0.15) is 0 Å². The van der Waals surface area contributed by atoms with Crippen molar-refractivity contribution in [3.63, 3.8) is 0 Å². The van der Waals surface area contributed by atoms with E-state index in [1.807, 2.05) is 6.07 Å². The summed E-state index contributed by atoms with van der Waals surface area (Å²) in [4.78, 5) is 0. The van der Waals surface area contributed by atoms with Gasteiger partial charge in [0.15, 0.2) is 5.58 Å². The lowest BCUT2D eigenvalue weighted by Crippen LogP contribution is -1.97. The number of fused-ring (bicyclic) bond motifs is 9. The Balaban J connectivity index is 1.17. The van der Waals surface area contributed by atoms with Gasteiger partial charge in [0, 0.05) is 37.9 Å². The summed E-state index contributed by atoms with van der Waals surface area (Å²) in [6.45, 7) is 0. The third-order valence-corrected chi connectivity index (χ3v) is 11.7. The van der Waals surface area contributed by atoms with E-state index in [0.29, 0.717) is 0 Å². The number of benzene rings is 9. The second kappa shape index (κ2) is 12.5. The van der Waals surface area contributed by atoms with Crippen molar-refractivity contribution in [3.05, 3.63) is 206 Å². The summed E-state index contributed by atoms with van der Waals surface area (Å²) in [5, 5.41) is 7.11. The van der Waals surface area contributed by atoms with Gasteiger partial charge in [-0.05, 0) is 76.3 Å². The van der Waals surface area contributed by atoms with Crippen LogP contribution in [0.4, 0.5) is 0 Å². The summed E-state index contributed by atoms with van der Waals surface area (Å²) in [5.74, 6) is 0. The summed E-state index contributed by atoms with van der Waals surface area (Å²) in [6, 6.07) is 74.3. The Labute approximate surface area is 328 Å². The molecule has 0 amide bonds. The Hall–Kier alpha value is -7.62. The topological polar surface area (TPSA) is 23.0 Å². The van der Waals surface area contributed by atoms with Crippen LogP contribution in [0.15, 0.2) is 211 Å². The number of nitrogens with zero attached hydrogens (tertiary/aromatic N) is 2. The zero-order valence-electron chi connectivity index (χ0n) is 30.9. The molecule has 0 fully saturated rings. The molecule has 3 heterocycles. The van der Waals surface area contributed by atoms with Gasteiger partial charge in [-0.2, -0.15) is 0 Å². The molecule has 0 aliphatic carbocycles. The molecule has 3 aromatic heterocycles. The minimum absolute atomic E-state index is 0.881. The molecule has 12 rings (SSSR count). The Bertz CT molecular complexity index is 3510. The van der Waals surface area contributed by atoms with Crippen molar-refractivity contribution in [2.24, 2.45) is 0 Å². The molecular weight excluding hydrogens is 693 g/mol. The second-order valence-corrected chi connectivity index (χ2v) is 14.8. The summed E-state index contributed by atoms with van der Waals surface area (Å²) >= 11 is 0. The highest BCUT2D eigenvalue weighted by Crippen LogP contribution is 2.46. The minimum atomic E-state index is 0.881. The lowest BCUT2D eigenvalue weighted by molar-refractivity contribution is 0.666.